The molecule has 2 aromatic rings. The summed E-state index contributed by atoms with van der Waals surface area (Å²) in [5, 5.41) is 2.83. The van der Waals surface area contributed by atoms with Gasteiger partial charge < -0.3 is 0 Å². The molecule has 0 unspecified atom stereocenters. The van der Waals surface area contributed by atoms with Crippen LogP contribution in [-0.4, -0.2) is 9.78 Å². The maximum atomic E-state index is 12.6. The van der Waals surface area contributed by atoms with E-state index in [4.69, 9.17) is 0 Å². The van der Waals surface area contributed by atoms with E-state index in [1.807, 2.05) is 6.92 Å². The van der Waals surface area contributed by atoms with Gasteiger partial charge in [0.15, 0.2) is 0 Å². The van der Waals surface area contributed by atoms with Gasteiger partial charge in [-0.25, -0.2) is 4.68 Å². The van der Waals surface area contributed by atoms with Gasteiger partial charge in [-0.05, 0) is 31.5 Å². The first kappa shape index (κ1) is 13.5. The molecule has 0 fully saturated rings. The summed E-state index contributed by atoms with van der Waals surface area (Å²) < 4.78 is 39.1. The van der Waals surface area contributed by atoms with Crippen molar-refractivity contribution in [2.75, 3.05) is 0 Å². The van der Waals surface area contributed by atoms with Gasteiger partial charge in [-0.1, -0.05) is 13.0 Å². The number of nitrogens with zero attached hydrogens (tertiary/aromatic N) is 1. The van der Waals surface area contributed by atoms with Crippen molar-refractivity contribution in [3.63, 3.8) is 0 Å². The summed E-state index contributed by atoms with van der Waals surface area (Å²) in [6.07, 6.45) is -3.80. The summed E-state index contributed by atoms with van der Waals surface area (Å²) in [7, 11) is 0. The van der Waals surface area contributed by atoms with Gasteiger partial charge in [-0.2, -0.15) is 13.2 Å². The standard InChI is InChI=1S/C13H13F3N2O/c1-3-11-8(2)12(19)18(17-11)10-6-4-5-9(7-10)13(14,15)16/h4-7,17H,3H2,1-2H3. The molecule has 2 rings (SSSR count). The lowest BCUT2D eigenvalue weighted by Crippen LogP contribution is -2.16. The van der Waals surface area contributed by atoms with E-state index in [-0.39, 0.29) is 11.2 Å². The smallest absolute Gasteiger partial charge is 0.295 e. The molecule has 1 aromatic heterocycles. The predicted molar refractivity (Wildman–Crippen MR) is 65.5 cm³/mol. The van der Waals surface area contributed by atoms with Crippen molar-refractivity contribution in [2.24, 2.45) is 0 Å². The molecular formula is C13H13F3N2O. The number of H-pyrrole nitrogens is 1. The quantitative estimate of drug-likeness (QED) is 0.894. The van der Waals surface area contributed by atoms with Crippen LogP contribution in [0.1, 0.15) is 23.7 Å². The van der Waals surface area contributed by atoms with Crippen LogP contribution >= 0.6 is 0 Å². The van der Waals surface area contributed by atoms with Crippen LogP contribution in [-0.2, 0) is 12.6 Å². The molecule has 0 aliphatic carbocycles. The van der Waals surface area contributed by atoms with E-state index in [1.165, 1.54) is 12.1 Å². The highest BCUT2D eigenvalue weighted by Gasteiger charge is 2.30. The first-order chi connectivity index (χ1) is 8.84. The number of benzene rings is 1. The van der Waals surface area contributed by atoms with E-state index >= 15 is 0 Å². The zero-order chi connectivity index (χ0) is 14.2. The Hall–Kier alpha value is -1.98. The van der Waals surface area contributed by atoms with Crippen LogP contribution in [0, 0.1) is 6.92 Å². The fraction of sp³-hybridized carbons (Fsp3) is 0.308. The van der Waals surface area contributed by atoms with Gasteiger partial charge >= 0.3 is 6.18 Å². The van der Waals surface area contributed by atoms with Crippen molar-refractivity contribution in [3.8, 4) is 5.69 Å². The molecule has 0 bridgehead atoms. The van der Waals surface area contributed by atoms with Crippen LogP contribution in [0.25, 0.3) is 5.69 Å². The minimum atomic E-state index is -4.42. The van der Waals surface area contributed by atoms with Crippen LogP contribution in [0.3, 0.4) is 0 Å². The highest BCUT2D eigenvalue weighted by Crippen LogP contribution is 2.30. The van der Waals surface area contributed by atoms with Crippen molar-refractivity contribution < 1.29 is 13.2 Å². The third-order valence-corrected chi connectivity index (χ3v) is 3.01. The summed E-state index contributed by atoms with van der Waals surface area (Å²) in [6, 6.07) is 4.68. The number of aromatic nitrogens is 2. The molecule has 0 saturated carbocycles. The molecule has 1 aromatic carbocycles. The van der Waals surface area contributed by atoms with Gasteiger partial charge in [0.1, 0.15) is 0 Å². The highest BCUT2D eigenvalue weighted by molar-refractivity contribution is 5.37. The van der Waals surface area contributed by atoms with Crippen LogP contribution in [0.4, 0.5) is 13.2 Å². The first-order valence-corrected chi connectivity index (χ1v) is 5.82. The number of halogens is 3. The molecular weight excluding hydrogens is 257 g/mol. The number of rotatable bonds is 2. The van der Waals surface area contributed by atoms with Gasteiger partial charge in [-0.3, -0.25) is 9.89 Å². The predicted octanol–water partition coefficient (Wildman–Crippen LogP) is 3.06. The highest BCUT2D eigenvalue weighted by atomic mass is 19.4. The van der Waals surface area contributed by atoms with E-state index in [2.05, 4.69) is 5.10 Å². The Balaban J connectivity index is 2.57. The van der Waals surface area contributed by atoms with Crippen molar-refractivity contribution in [1.29, 1.82) is 0 Å². The number of aryl methyl sites for hydroxylation is 1. The van der Waals surface area contributed by atoms with Crippen molar-refractivity contribution >= 4 is 0 Å². The Labute approximate surface area is 107 Å². The molecule has 0 radical (unpaired) electrons. The molecule has 19 heavy (non-hydrogen) atoms. The zero-order valence-electron chi connectivity index (χ0n) is 10.5. The van der Waals surface area contributed by atoms with E-state index in [1.54, 1.807) is 6.92 Å². The minimum Gasteiger partial charge on any atom is -0.295 e. The van der Waals surface area contributed by atoms with E-state index in [9.17, 15) is 18.0 Å². The van der Waals surface area contributed by atoms with E-state index in [0.29, 0.717) is 12.0 Å². The molecule has 1 N–H and O–H groups in total. The summed E-state index contributed by atoms with van der Waals surface area (Å²) in [5.74, 6) is 0. The van der Waals surface area contributed by atoms with Gasteiger partial charge in [0.05, 0.1) is 11.3 Å². The summed E-state index contributed by atoms with van der Waals surface area (Å²) >= 11 is 0. The maximum absolute atomic E-state index is 12.6. The molecule has 0 aliphatic heterocycles. The molecule has 0 aliphatic rings. The first-order valence-electron chi connectivity index (χ1n) is 5.82. The van der Waals surface area contributed by atoms with Gasteiger partial charge in [0, 0.05) is 11.3 Å². The van der Waals surface area contributed by atoms with Crippen LogP contribution in [0.2, 0.25) is 0 Å². The number of nitrogens with one attached hydrogen (secondary N) is 1. The summed E-state index contributed by atoms with van der Waals surface area (Å²) in [5.41, 5.74) is 0.336. The van der Waals surface area contributed by atoms with E-state index in [0.717, 1.165) is 22.5 Å². The molecule has 0 atom stereocenters. The Morgan fingerprint density at radius 1 is 1.32 bits per heavy atom. The Bertz CT molecular complexity index is 653. The molecule has 0 amide bonds. The third-order valence-electron chi connectivity index (χ3n) is 3.01. The zero-order valence-corrected chi connectivity index (χ0v) is 10.5. The van der Waals surface area contributed by atoms with Crippen molar-refractivity contribution in [3.05, 3.63) is 51.4 Å². The lowest BCUT2D eigenvalue weighted by molar-refractivity contribution is -0.137. The van der Waals surface area contributed by atoms with Gasteiger partial charge in [-0.15, -0.1) is 0 Å². The molecule has 1 heterocycles. The number of hydrogen-bond acceptors (Lipinski definition) is 1. The second kappa shape index (κ2) is 4.60. The number of hydrogen-bond donors (Lipinski definition) is 1. The molecule has 0 spiro atoms. The SMILES string of the molecule is CCc1[nH]n(-c2cccc(C(F)(F)F)c2)c(=O)c1C. The second-order valence-electron chi connectivity index (χ2n) is 4.26. The van der Waals surface area contributed by atoms with E-state index < -0.39 is 11.7 Å². The maximum Gasteiger partial charge on any atom is 0.416 e. The van der Waals surface area contributed by atoms with Gasteiger partial charge in [0.2, 0.25) is 0 Å². The van der Waals surface area contributed by atoms with Crippen LogP contribution in [0.5, 0.6) is 0 Å². The lowest BCUT2D eigenvalue weighted by atomic mass is 10.2. The van der Waals surface area contributed by atoms with Crippen LogP contribution in [0.15, 0.2) is 29.1 Å². The summed E-state index contributed by atoms with van der Waals surface area (Å²) in [4.78, 5) is 12.0. The lowest BCUT2D eigenvalue weighted by Gasteiger charge is -2.08. The largest absolute Gasteiger partial charge is 0.416 e. The number of aromatic amines is 1. The third kappa shape index (κ3) is 2.43. The Morgan fingerprint density at radius 3 is 2.53 bits per heavy atom. The van der Waals surface area contributed by atoms with Crippen LogP contribution < -0.4 is 5.56 Å². The fourth-order valence-corrected chi connectivity index (χ4v) is 1.91. The molecule has 6 heteroatoms. The average Bonchev–Trinajstić information content (AvgIpc) is 2.65. The number of alkyl halides is 3. The second-order valence-corrected chi connectivity index (χ2v) is 4.26. The van der Waals surface area contributed by atoms with Gasteiger partial charge in [0.25, 0.3) is 5.56 Å². The molecule has 0 saturated heterocycles. The average molecular weight is 270 g/mol. The minimum absolute atomic E-state index is 0.183. The molecule has 3 nitrogen and oxygen atoms in total. The fourth-order valence-electron chi connectivity index (χ4n) is 1.91. The molecule has 102 valence electrons. The Kier molecular flexibility index (Phi) is 3.26. The van der Waals surface area contributed by atoms with Crippen molar-refractivity contribution in [2.45, 2.75) is 26.4 Å². The monoisotopic (exact) mass is 270 g/mol. The topological polar surface area (TPSA) is 37.8 Å². The normalized spacial score (nSPS) is 11.8. The summed E-state index contributed by atoms with van der Waals surface area (Å²) in [6.45, 7) is 3.52. The Morgan fingerprint density at radius 2 is 2.00 bits per heavy atom. The van der Waals surface area contributed by atoms with Crippen molar-refractivity contribution in [1.82, 2.24) is 9.78 Å².